The third-order valence-corrected chi connectivity index (χ3v) is 3.17. The number of nitrogen functional groups attached to an aromatic ring is 1. The first-order chi connectivity index (χ1) is 7.75. The van der Waals surface area contributed by atoms with E-state index in [1.54, 1.807) is 0 Å². The van der Waals surface area contributed by atoms with Crippen LogP contribution in [0, 0.1) is 0 Å². The van der Waals surface area contributed by atoms with Gasteiger partial charge in [0.25, 0.3) is 0 Å². The maximum Gasteiger partial charge on any atom is 0.0619 e. The fourth-order valence-electron chi connectivity index (χ4n) is 2.05. The smallest absolute Gasteiger partial charge is 0.0619 e. The second-order valence-corrected chi connectivity index (χ2v) is 4.45. The number of hydrogen-bond donors (Lipinski definition) is 1. The van der Waals surface area contributed by atoms with Gasteiger partial charge in [0.05, 0.1) is 13.2 Å². The number of ether oxygens (including phenoxy) is 1. The zero-order valence-corrected chi connectivity index (χ0v) is 9.86. The van der Waals surface area contributed by atoms with Crippen molar-refractivity contribution >= 4 is 5.69 Å². The predicted molar refractivity (Wildman–Crippen MR) is 66.4 cm³/mol. The Balaban J connectivity index is 1.84. The van der Waals surface area contributed by atoms with Gasteiger partial charge in [0.15, 0.2) is 0 Å². The summed E-state index contributed by atoms with van der Waals surface area (Å²) in [6, 6.07) is 8.71. The van der Waals surface area contributed by atoms with Crippen molar-refractivity contribution in [2.75, 3.05) is 32.0 Å². The lowest BCUT2D eigenvalue weighted by atomic mass is 10.1. The molecule has 1 aromatic carbocycles. The van der Waals surface area contributed by atoms with Crippen LogP contribution in [-0.2, 0) is 11.2 Å². The topological polar surface area (TPSA) is 38.5 Å². The van der Waals surface area contributed by atoms with Gasteiger partial charge in [0.2, 0.25) is 0 Å². The third-order valence-electron chi connectivity index (χ3n) is 3.17. The highest BCUT2D eigenvalue weighted by molar-refractivity contribution is 5.39. The van der Waals surface area contributed by atoms with E-state index in [4.69, 9.17) is 10.5 Å². The van der Waals surface area contributed by atoms with Gasteiger partial charge in [0.1, 0.15) is 0 Å². The molecule has 3 nitrogen and oxygen atoms in total. The molecule has 0 spiro atoms. The average Bonchev–Trinajstić information content (AvgIpc) is 2.30. The molecule has 1 aliphatic heterocycles. The number of nitrogens with two attached hydrogens (primary N) is 1. The molecule has 1 heterocycles. The van der Waals surface area contributed by atoms with E-state index in [9.17, 15) is 0 Å². The van der Waals surface area contributed by atoms with E-state index in [2.05, 4.69) is 24.0 Å². The Labute approximate surface area is 97.2 Å². The summed E-state index contributed by atoms with van der Waals surface area (Å²) in [6.07, 6.45) is 1.09. The second kappa shape index (κ2) is 5.32. The van der Waals surface area contributed by atoms with Crippen molar-refractivity contribution in [2.24, 2.45) is 0 Å². The lowest BCUT2D eigenvalue weighted by Crippen LogP contribution is -2.44. The highest BCUT2D eigenvalue weighted by atomic mass is 16.5. The average molecular weight is 220 g/mol. The molecule has 16 heavy (non-hydrogen) atoms. The molecule has 1 aromatic rings. The molecule has 1 atom stereocenters. The van der Waals surface area contributed by atoms with Crippen LogP contribution < -0.4 is 5.73 Å². The minimum absolute atomic E-state index is 0.544. The SMILES string of the molecule is CC1COCCN1CCc1ccc(N)cc1. The van der Waals surface area contributed by atoms with E-state index in [-0.39, 0.29) is 0 Å². The molecule has 2 rings (SSSR count). The molecule has 0 aliphatic carbocycles. The molecule has 2 N–H and O–H groups in total. The van der Waals surface area contributed by atoms with Crippen LogP contribution in [0.1, 0.15) is 12.5 Å². The number of hydrogen-bond acceptors (Lipinski definition) is 3. The fraction of sp³-hybridized carbons (Fsp3) is 0.538. The van der Waals surface area contributed by atoms with Gasteiger partial charge in [-0.15, -0.1) is 0 Å². The largest absolute Gasteiger partial charge is 0.399 e. The van der Waals surface area contributed by atoms with Gasteiger partial charge in [-0.2, -0.15) is 0 Å². The normalized spacial score (nSPS) is 22.2. The molecule has 1 saturated heterocycles. The number of benzene rings is 1. The molecule has 0 aromatic heterocycles. The van der Waals surface area contributed by atoms with Crippen molar-refractivity contribution in [1.82, 2.24) is 4.90 Å². The summed E-state index contributed by atoms with van der Waals surface area (Å²) in [5, 5.41) is 0. The maximum absolute atomic E-state index is 5.66. The van der Waals surface area contributed by atoms with E-state index in [0.717, 1.165) is 38.4 Å². The van der Waals surface area contributed by atoms with Crippen LogP contribution >= 0.6 is 0 Å². The molecular weight excluding hydrogens is 200 g/mol. The van der Waals surface area contributed by atoms with Gasteiger partial charge in [0, 0.05) is 24.8 Å². The number of nitrogens with zero attached hydrogens (tertiary/aromatic N) is 1. The van der Waals surface area contributed by atoms with E-state index in [1.807, 2.05) is 12.1 Å². The van der Waals surface area contributed by atoms with Crippen LogP contribution in [0.5, 0.6) is 0 Å². The number of anilines is 1. The minimum Gasteiger partial charge on any atom is -0.399 e. The Morgan fingerprint density at radius 3 is 2.81 bits per heavy atom. The summed E-state index contributed by atoms with van der Waals surface area (Å²) in [4.78, 5) is 2.49. The van der Waals surface area contributed by atoms with Gasteiger partial charge in [-0.05, 0) is 31.0 Å². The van der Waals surface area contributed by atoms with Gasteiger partial charge in [-0.1, -0.05) is 12.1 Å². The molecule has 1 unspecified atom stereocenters. The summed E-state index contributed by atoms with van der Waals surface area (Å²) in [7, 11) is 0. The Hall–Kier alpha value is -1.06. The van der Waals surface area contributed by atoms with Gasteiger partial charge in [-0.3, -0.25) is 4.90 Å². The zero-order valence-electron chi connectivity index (χ0n) is 9.86. The molecule has 1 fully saturated rings. The Kier molecular flexibility index (Phi) is 3.80. The van der Waals surface area contributed by atoms with Crippen molar-refractivity contribution < 1.29 is 4.74 Å². The summed E-state index contributed by atoms with van der Waals surface area (Å²) in [6.45, 7) is 6.11. The number of rotatable bonds is 3. The third kappa shape index (κ3) is 2.97. The molecular formula is C13H20N2O. The van der Waals surface area contributed by atoms with Crippen molar-refractivity contribution in [3.8, 4) is 0 Å². The van der Waals surface area contributed by atoms with Gasteiger partial charge in [-0.25, -0.2) is 0 Å². The van der Waals surface area contributed by atoms with Gasteiger partial charge >= 0.3 is 0 Å². The summed E-state index contributed by atoms with van der Waals surface area (Å²) >= 11 is 0. The Morgan fingerprint density at radius 1 is 1.38 bits per heavy atom. The van der Waals surface area contributed by atoms with Gasteiger partial charge < -0.3 is 10.5 Å². The lowest BCUT2D eigenvalue weighted by Gasteiger charge is -2.33. The first-order valence-corrected chi connectivity index (χ1v) is 5.92. The number of morpholine rings is 1. The Morgan fingerprint density at radius 2 is 2.12 bits per heavy atom. The molecule has 88 valence electrons. The summed E-state index contributed by atoms with van der Waals surface area (Å²) in [5.74, 6) is 0. The van der Waals surface area contributed by atoms with Crippen LogP contribution in [0.4, 0.5) is 5.69 Å². The maximum atomic E-state index is 5.66. The Bertz CT molecular complexity index is 323. The van der Waals surface area contributed by atoms with Crippen molar-refractivity contribution in [3.63, 3.8) is 0 Å². The van der Waals surface area contributed by atoms with E-state index < -0.39 is 0 Å². The quantitative estimate of drug-likeness (QED) is 0.785. The minimum atomic E-state index is 0.544. The monoisotopic (exact) mass is 220 g/mol. The predicted octanol–water partition coefficient (Wildman–Crippen LogP) is 1.53. The van der Waals surface area contributed by atoms with Crippen LogP contribution in [-0.4, -0.2) is 37.2 Å². The van der Waals surface area contributed by atoms with Crippen molar-refractivity contribution in [1.29, 1.82) is 0 Å². The second-order valence-electron chi connectivity index (χ2n) is 4.45. The first-order valence-electron chi connectivity index (χ1n) is 5.92. The summed E-state index contributed by atoms with van der Waals surface area (Å²) < 4.78 is 5.42. The van der Waals surface area contributed by atoms with Crippen molar-refractivity contribution in [2.45, 2.75) is 19.4 Å². The zero-order chi connectivity index (χ0) is 11.4. The lowest BCUT2D eigenvalue weighted by molar-refractivity contribution is 0.000363. The van der Waals surface area contributed by atoms with Crippen LogP contribution in [0.2, 0.25) is 0 Å². The molecule has 0 radical (unpaired) electrons. The van der Waals surface area contributed by atoms with E-state index in [1.165, 1.54) is 5.56 Å². The highest BCUT2D eigenvalue weighted by Crippen LogP contribution is 2.10. The fourth-order valence-corrected chi connectivity index (χ4v) is 2.05. The van der Waals surface area contributed by atoms with Crippen LogP contribution in [0.15, 0.2) is 24.3 Å². The first kappa shape index (κ1) is 11.4. The molecule has 1 aliphatic rings. The van der Waals surface area contributed by atoms with Crippen molar-refractivity contribution in [3.05, 3.63) is 29.8 Å². The van der Waals surface area contributed by atoms with Crippen LogP contribution in [0.25, 0.3) is 0 Å². The van der Waals surface area contributed by atoms with Crippen LogP contribution in [0.3, 0.4) is 0 Å². The standard InChI is InChI=1S/C13H20N2O/c1-11-10-16-9-8-15(11)7-6-12-2-4-13(14)5-3-12/h2-5,11H,6-10,14H2,1H3. The summed E-state index contributed by atoms with van der Waals surface area (Å²) in [5.41, 5.74) is 7.85. The molecule has 0 saturated carbocycles. The van der Waals surface area contributed by atoms with E-state index >= 15 is 0 Å². The van der Waals surface area contributed by atoms with E-state index in [0.29, 0.717) is 6.04 Å². The molecule has 0 amide bonds. The molecule has 0 bridgehead atoms. The molecule has 3 heteroatoms. The highest BCUT2D eigenvalue weighted by Gasteiger charge is 2.17.